The van der Waals surface area contributed by atoms with E-state index in [9.17, 15) is 4.79 Å². The van der Waals surface area contributed by atoms with Crippen molar-refractivity contribution in [3.05, 3.63) is 113 Å². The molecule has 3 rings (SSSR count). The van der Waals surface area contributed by atoms with Crippen LogP contribution in [-0.4, -0.2) is 5.78 Å². The molecule has 1 atom stereocenters. The van der Waals surface area contributed by atoms with Gasteiger partial charge in [0.2, 0.25) is 0 Å². The van der Waals surface area contributed by atoms with Gasteiger partial charge >= 0.3 is 0 Å². The van der Waals surface area contributed by atoms with E-state index in [1.807, 2.05) is 78.9 Å². The first-order valence-corrected chi connectivity index (χ1v) is 9.38. The Morgan fingerprint density at radius 2 is 1.52 bits per heavy atom. The maximum atomic E-state index is 12.6. The van der Waals surface area contributed by atoms with Crippen molar-refractivity contribution in [2.75, 3.05) is 0 Å². The second-order valence-electron chi connectivity index (χ2n) is 6.36. The Balaban J connectivity index is 1.72. The maximum absolute atomic E-state index is 12.6. The molecular weight excluding hydrogens is 354 g/mol. The molecule has 0 radical (unpaired) electrons. The lowest BCUT2D eigenvalue weighted by molar-refractivity contribution is -0.115. The lowest BCUT2D eigenvalue weighted by atomic mass is 10.00. The molecule has 136 valence electrons. The van der Waals surface area contributed by atoms with Crippen LogP contribution in [0.3, 0.4) is 0 Å². The van der Waals surface area contributed by atoms with Crippen LogP contribution in [0.4, 0.5) is 0 Å². The van der Waals surface area contributed by atoms with E-state index in [-0.39, 0.29) is 11.8 Å². The summed E-state index contributed by atoms with van der Waals surface area (Å²) in [5.41, 5.74) is 3.12. The Hall–Kier alpha value is -2.68. The standard InChI is InChI=1S/C24H22ClNO/c25-23-14-8-7-13-22(23)24(26-18-20-11-5-2-6-12-20)17-21(27)16-15-19-9-3-1-4-10-19/h1-16,24,26H,17-18H2/b16-15-. The fourth-order valence-corrected chi connectivity index (χ4v) is 3.18. The summed E-state index contributed by atoms with van der Waals surface area (Å²) in [6, 6.07) is 27.5. The van der Waals surface area contributed by atoms with Gasteiger partial charge in [0, 0.05) is 24.0 Å². The molecule has 3 aromatic rings. The third-order valence-corrected chi connectivity index (χ3v) is 4.69. The average molecular weight is 376 g/mol. The van der Waals surface area contributed by atoms with Crippen LogP contribution in [0.25, 0.3) is 6.08 Å². The molecule has 0 aliphatic heterocycles. The molecule has 0 aliphatic rings. The number of nitrogens with one attached hydrogen (secondary N) is 1. The molecule has 0 heterocycles. The number of benzene rings is 3. The zero-order valence-corrected chi connectivity index (χ0v) is 15.8. The normalized spacial score (nSPS) is 12.2. The van der Waals surface area contributed by atoms with E-state index in [0.29, 0.717) is 18.0 Å². The molecule has 0 fully saturated rings. The van der Waals surface area contributed by atoms with Crippen molar-refractivity contribution in [3.8, 4) is 0 Å². The molecule has 0 bridgehead atoms. The van der Waals surface area contributed by atoms with Gasteiger partial charge in [0.25, 0.3) is 0 Å². The minimum absolute atomic E-state index is 0.0596. The van der Waals surface area contributed by atoms with Crippen molar-refractivity contribution in [1.29, 1.82) is 0 Å². The first kappa shape index (κ1) is 19.1. The molecule has 3 heteroatoms. The van der Waals surface area contributed by atoms with E-state index in [0.717, 1.165) is 11.1 Å². The van der Waals surface area contributed by atoms with E-state index in [2.05, 4.69) is 17.4 Å². The minimum atomic E-state index is -0.146. The number of hydrogen-bond donors (Lipinski definition) is 1. The summed E-state index contributed by atoms with van der Waals surface area (Å²) in [6.07, 6.45) is 3.84. The van der Waals surface area contributed by atoms with E-state index in [1.54, 1.807) is 6.08 Å². The van der Waals surface area contributed by atoms with Crippen LogP contribution in [0.1, 0.15) is 29.2 Å². The summed E-state index contributed by atoms with van der Waals surface area (Å²) < 4.78 is 0. The van der Waals surface area contributed by atoms with Crippen molar-refractivity contribution < 1.29 is 4.79 Å². The molecule has 0 aromatic heterocycles. The number of hydrogen-bond acceptors (Lipinski definition) is 2. The quantitative estimate of drug-likeness (QED) is 0.501. The molecule has 1 unspecified atom stereocenters. The molecule has 3 aromatic carbocycles. The van der Waals surface area contributed by atoms with Crippen LogP contribution in [0.2, 0.25) is 5.02 Å². The molecule has 1 N–H and O–H groups in total. The van der Waals surface area contributed by atoms with Gasteiger partial charge < -0.3 is 5.32 Å². The fourth-order valence-electron chi connectivity index (χ4n) is 2.91. The zero-order valence-electron chi connectivity index (χ0n) is 15.0. The summed E-state index contributed by atoms with van der Waals surface area (Å²) in [6.45, 7) is 0.673. The third kappa shape index (κ3) is 5.92. The predicted octanol–water partition coefficient (Wildman–Crippen LogP) is 5.84. The van der Waals surface area contributed by atoms with E-state index < -0.39 is 0 Å². The van der Waals surface area contributed by atoms with E-state index >= 15 is 0 Å². The van der Waals surface area contributed by atoms with Crippen molar-refractivity contribution in [1.82, 2.24) is 5.32 Å². The first-order valence-electron chi connectivity index (χ1n) is 9.00. The molecule has 0 amide bonds. The molecule has 0 saturated carbocycles. The van der Waals surface area contributed by atoms with Crippen molar-refractivity contribution in [2.24, 2.45) is 0 Å². The maximum Gasteiger partial charge on any atom is 0.157 e. The summed E-state index contributed by atoms with van der Waals surface area (Å²) in [4.78, 5) is 12.6. The fraction of sp³-hybridized carbons (Fsp3) is 0.125. The van der Waals surface area contributed by atoms with Crippen LogP contribution in [0, 0.1) is 0 Å². The summed E-state index contributed by atoms with van der Waals surface area (Å²) >= 11 is 6.39. The van der Waals surface area contributed by atoms with E-state index in [4.69, 9.17) is 11.6 Å². The SMILES string of the molecule is O=C(/C=C\c1ccccc1)CC(NCc1ccccc1)c1ccccc1Cl. The van der Waals surface area contributed by atoms with Gasteiger partial charge in [0.15, 0.2) is 5.78 Å². The van der Waals surface area contributed by atoms with Crippen molar-refractivity contribution in [2.45, 2.75) is 19.0 Å². The van der Waals surface area contributed by atoms with Crippen molar-refractivity contribution >= 4 is 23.5 Å². The highest BCUT2D eigenvalue weighted by molar-refractivity contribution is 6.31. The van der Waals surface area contributed by atoms with Gasteiger partial charge in [-0.05, 0) is 28.8 Å². The molecule has 0 aliphatic carbocycles. The van der Waals surface area contributed by atoms with Crippen LogP contribution in [-0.2, 0) is 11.3 Å². The number of ketones is 1. The molecule has 0 saturated heterocycles. The highest BCUT2D eigenvalue weighted by atomic mass is 35.5. The first-order chi connectivity index (χ1) is 13.2. The van der Waals surface area contributed by atoms with Crippen LogP contribution < -0.4 is 5.32 Å². The van der Waals surface area contributed by atoms with Gasteiger partial charge in [-0.1, -0.05) is 96.5 Å². The largest absolute Gasteiger partial charge is 0.305 e. The molecular formula is C24H22ClNO. The van der Waals surface area contributed by atoms with Crippen LogP contribution >= 0.6 is 11.6 Å². The predicted molar refractivity (Wildman–Crippen MR) is 113 cm³/mol. The smallest absolute Gasteiger partial charge is 0.157 e. The second kappa shape index (κ2) is 9.86. The number of carbonyl (C=O) groups is 1. The van der Waals surface area contributed by atoms with Crippen LogP contribution in [0.15, 0.2) is 91.0 Å². The Bertz CT molecular complexity index is 891. The zero-order chi connectivity index (χ0) is 18.9. The van der Waals surface area contributed by atoms with Crippen molar-refractivity contribution in [3.63, 3.8) is 0 Å². The number of carbonyl (C=O) groups excluding carboxylic acids is 1. The van der Waals surface area contributed by atoms with E-state index in [1.165, 1.54) is 5.56 Å². The topological polar surface area (TPSA) is 29.1 Å². The van der Waals surface area contributed by atoms with Gasteiger partial charge in [-0.15, -0.1) is 0 Å². The number of halogens is 1. The molecule has 0 spiro atoms. The lowest BCUT2D eigenvalue weighted by Gasteiger charge is -2.19. The van der Waals surface area contributed by atoms with Gasteiger partial charge in [0.05, 0.1) is 0 Å². The van der Waals surface area contributed by atoms with Gasteiger partial charge in [0.1, 0.15) is 0 Å². The Kier molecular flexibility index (Phi) is 6.97. The summed E-state index contributed by atoms with van der Waals surface area (Å²) in [7, 11) is 0. The van der Waals surface area contributed by atoms with Gasteiger partial charge in [-0.3, -0.25) is 4.79 Å². The summed E-state index contributed by atoms with van der Waals surface area (Å²) in [5, 5.41) is 4.15. The number of allylic oxidation sites excluding steroid dienone is 1. The molecule has 2 nitrogen and oxygen atoms in total. The highest BCUT2D eigenvalue weighted by Gasteiger charge is 2.17. The number of rotatable bonds is 8. The van der Waals surface area contributed by atoms with Gasteiger partial charge in [-0.2, -0.15) is 0 Å². The Morgan fingerprint density at radius 1 is 0.889 bits per heavy atom. The Labute approximate surface area is 165 Å². The summed E-state index contributed by atoms with van der Waals surface area (Å²) in [5.74, 6) is 0.0596. The third-order valence-electron chi connectivity index (χ3n) is 4.34. The molecule has 27 heavy (non-hydrogen) atoms. The average Bonchev–Trinajstić information content (AvgIpc) is 2.72. The minimum Gasteiger partial charge on any atom is -0.305 e. The van der Waals surface area contributed by atoms with Gasteiger partial charge in [-0.25, -0.2) is 0 Å². The monoisotopic (exact) mass is 375 g/mol. The Morgan fingerprint density at radius 3 is 2.22 bits per heavy atom. The lowest BCUT2D eigenvalue weighted by Crippen LogP contribution is -2.23. The highest BCUT2D eigenvalue weighted by Crippen LogP contribution is 2.26. The van der Waals surface area contributed by atoms with Crippen LogP contribution in [0.5, 0.6) is 0 Å². The second-order valence-corrected chi connectivity index (χ2v) is 6.76.